The first-order chi connectivity index (χ1) is 9.85. The molecule has 0 aliphatic carbocycles. The monoisotopic (exact) mass is 302 g/mol. The van der Waals surface area contributed by atoms with Crippen LogP contribution >= 0.6 is 0 Å². The Morgan fingerprint density at radius 3 is 2.43 bits per heavy atom. The molecule has 2 nitrogen and oxygen atoms in total. The largest absolute Gasteiger partial charge is 0.496 e. The van der Waals surface area contributed by atoms with Crippen LogP contribution in [0.2, 0.25) is 0 Å². The Labute approximate surface area is 123 Å². The first kappa shape index (κ1) is 17.5. The predicted molar refractivity (Wildman–Crippen MR) is 75.6 cm³/mol. The van der Waals surface area contributed by atoms with Gasteiger partial charge in [-0.2, -0.15) is 13.2 Å². The van der Waals surface area contributed by atoms with Crippen molar-refractivity contribution < 1.29 is 22.7 Å². The van der Waals surface area contributed by atoms with Gasteiger partial charge in [-0.1, -0.05) is 26.7 Å². The first-order valence-corrected chi connectivity index (χ1v) is 7.14. The molecule has 0 bridgehead atoms. The van der Waals surface area contributed by atoms with Gasteiger partial charge in [0.15, 0.2) is 5.78 Å². The maximum absolute atomic E-state index is 12.8. The Morgan fingerprint density at radius 1 is 1.29 bits per heavy atom. The maximum atomic E-state index is 12.8. The van der Waals surface area contributed by atoms with Crippen LogP contribution in [0, 0.1) is 5.92 Å². The Bertz CT molecular complexity index is 481. The summed E-state index contributed by atoms with van der Waals surface area (Å²) < 4.78 is 43.4. The van der Waals surface area contributed by atoms with Crippen molar-refractivity contribution in [2.24, 2.45) is 5.92 Å². The van der Waals surface area contributed by atoms with E-state index >= 15 is 0 Å². The van der Waals surface area contributed by atoms with Crippen LogP contribution in [0.3, 0.4) is 0 Å². The fourth-order valence-corrected chi connectivity index (χ4v) is 2.27. The predicted octanol–water partition coefficient (Wildman–Crippen LogP) is 5.11. The number of unbranched alkanes of at least 4 members (excludes halogenated alkanes) is 1. The molecule has 0 aliphatic rings. The summed E-state index contributed by atoms with van der Waals surface area (Å²) in [5, 5.41) is 0. The fraction of sp³-hybridized carbons (Fsp3) is 0.562. The molecule has 1 aromatic carbocycles. The number of Topliss-reactive ketones (excluding diaryl/α,β-unsaturated/α-hetero) is 1. The molecule has 1 unspecified atom stereocenters. The van der Waals surface area contributed by atoms with Crippen molar-refractivity contribution in [3.05, 3.63) is 29.3 Å². The fourth-order valence-electron chi connectivity index (χ4n) is 2.27. The average Bonchev–Trinajstić information content (AvgIpc) is 2.46. The molecule has 0 aliphatic heterocycles. The summed E-state index contributed by atoms with van der Waals surface area (Å²) in [6.07, 6.45) is -1.34. The van der Waals surface area contributed by atoms with Gasteiger partial charge in [0, 0.05) is 5.92 Å². The second-order valence-electron chi connectivity index (χ2n) is 5.02. The van der Waals surface area contributed by atoms with E-state index in [2.05, 4.69) is 0 Å². The molecular weight excluding hydrogens is 281 g/mol. The molecule has 0 amide bonds. The minimum Gasteiger partial charge on any atom is -0.496 e. The summed E-state index contributed by atoms with van der Waals surface area (Å²) in [4.78, 5) is 12.5. The van der Waals surface area contributed by atoms with Crippen LogP contribution in [0.5, 0.6) is 5.75 Å². The lowest BCUT2D eigenvalue weighted by molar-refractivity contribution is -0.137. The standard InChI is InChI=1S/C16H21F3O2/c1-4-6-7-11(5-2)15(20)13-10-12(16(17,18)19)8-9-14(13)21-3/h8-11H,4-7H2,1-3H3. The Morgan fingerprint density at radius 2 is 1.95 bits per heavy atom. The number of rotatable bonds is 7. The number of ketones is 1. The molecule has 21 heavy (non-hydrogen) atoms. The van der Waals surface area contributed by atoms with Crippen molar-refractivity contribution in [3.63, 3.8) is 0 Å². The molecule has 0 spiro atoms. The average molecular weight is 302 g/mol. The van der Waals surface area contributed by atoms with Gasteiger partial charge < -0.3 is 4.74 Å². The van der Waals surface area contributed by atoms with Gasteiger partial charge in [-0.25, -0.2) is 0 Å². The summed E-state index contributed by atoms with van der Waals surface area (Å²) in [5.41, 5.74) is -0.799. The second-order valence-corrected chi connectivity index (χ2v) is 5.02. The van der Waals surface area contributed by atoms with Crippen LogP contribution in [0.4, 0.5) is 13.2 Å². The molecular formula is C16H21F3O2. The minimum absolute atomic E-state index is 0.0234. The molecule has 1 rings (SSSR count). The van der Waals surface area contributed by atoms with Crippen LogP contribution in [0.1, 0.15) is 55.5 Å². The van der Waals surface area contributed by atoms with Gasteiger partial charge in [0.25, 0.3) is 0 Å². The van der Waals surface area contributed by atoms with Crippen molar-refractivity contribution in [1.29, 1.82) is 0 Å². The van der Waals surface area contributed by atoms with E-state index in [4.69, 9.17) is 4.74 Å². The van der Waals surface area contributed by atoms with Crippen LogP contribution in [-0.4, -0.2) is 12.9 Å². The zero-order valence-electron chi connectivity index (χ0n) is 12.6. The van der Waals surface area contributed by atoms with Gasteiger partial charge in [0.2, 0.25) is 0 Å². The van der Waals surface area contributed by atoms with Crippen molar-refractivity contribution in [3.8, 4) is 5.75 Å². The van der Waals surface area contributed by atoms with E-state index in [9.17, 15) is 18.0 Å². The lowest BCUT2D eigenvalue weighted by atomic mass is 9.89. The van der Waals surface area contributed by atoms with E-state index in [-0.39, 0.29) is 23.0 Å². The van der Waals surface area contributed by atoms with E-state index in [1.54, 1.807) is 0 Å². The zero-order valence-corrected chi connectivity index (χ0v) is 12.6. The molecule has 5 heteroatoms. The Hall–Kier alpha value is -1.52. The van der Waals surface area contributed by atoms with Crippen molar-refractivity contribution >= 4 is 5.78 Å². The summed E-state index contributed by atoms with van der Waals surface area (Å²) in [5.74, 6) is -0.334. The molecule has 0 fully saturated rings. The third kappa shape index (κ3) is 4.48. The number of ether oxygens (including phenoxy) is 1. The highest BCUT2D eigenvalue weighted by Gasteiger charge is 2.32. The normalized spacial score (nSPS) is 13.0. The second kappa shape index (κ2) is 7.48. The topological polar surface area (TPSA) is 26.3 Å². The smallest absolute Gasteiger partial charge is 0.416 e. The Balaban J connectivity index is 3.16. The maximum Gasteiger partial charge on any atom is 0.416 e. The number of benzene rings is 1. The molecule has 1 atom stereocenters. The number of hydrogen-bond acceptors (Lipinski definition) is 2. The zero-order chi connectivity index (χ0) is 16.0. The number of alkyl halides is 3. The molecule has 0 radical (unpaired) electrons. The summed E-state index contributed by atoms with van der Waals surface area (Å²) in [6, 6.07) is 3.04. The van der Waals surface area contributed by atoms with Crippen molar-refractivity contribution in [2.45, 2.75) is 45.7 Å². The van der Waals surface area contributed by atoms with E-state index in [0.717, 1.165) is 25.0 Å². The van der Waals surface area contributed by atoms with E-state index in [0.29, 0.717) is 12.8 Å². The summed E-state index contributed by atoms with van der Waals surface area (Å²) >= 11 is 0. The highest BCUT2D eigenvalue weighted by Crippen LogP contribution is 2.34. The Kier molecular flexibility index (Phi) is 6.24. The van der Waals surface area contributed by atoms with Gasteiger partial charge in [-0.15, -0.1) is 0 Å². The molecule has 0 N–H and O–H groups in total. The van der Waals surface area contributed by atoms with E-state index in [1.807, 2.05) is 13.8 Å². The highest BCUT2D eigenvalue weighted by molar-refractivity contribution is 6.00. The van der Waals surface area contributed by atoms with Crippen molar-refractivity contribution in [2.75, 3.05) is 7.11 Å². The third-order valence-corrected chi connectivity index (χ3v) is 3.56. The number of hydrogen-bond donors (Lipinski definition) is 0. The molecule has 0 saturated heterocycles. The molecule has 0 aromatic heterocycles. The quantitative estimate of drug-likeness (QED) is 0.654. The lowest BCUT2D eigenvalue weighted by Crippen LogP contribution is -2.16. The molecule has 1 aromatic rings. The molecule has 0 saturated carbocycles. The first-order valence-electron chi connectivity index (χ1n) is 7.14. The van der Waals surface area contributed by atoms with E-state index < -0.39 is 11.7 Å². The van der Waals surface area contributed by atoms with Gasteiger partial charge in [0.05, 0.1) is 18.2 Å². The van der Waals surface area contributed by atoms with Crippen LogP contribution in [0.15, 0.2) is 18.2 Å². The number of halogens is 3. The number of carbonyl (C=O) groups excluding carboxylic acids is 1. The molecule has 0 heterocycles. The summed E-state index contributed by atoms with van der Waals surface area (Å²) in [7, 11) is 1.35. The SMILES string of the molecule is CCCCC(CC)C(=O)c1cc(C(F)(F)F)ccc1OC. The minimum atomic E-state index is -4.47. The lowest BCUT2D eigenvalue weighted by Gasteiger charge is -2.17. The van der Waals surface area contributed by atoms with Gasteiger partial charge in [-0.3, -0.25) is 4.79 Å². The third-order valence-electron chi connectivity index (χ3n) is 3.56. The van der Waals surface area contributed by atoms with Crippen LogP contribution < -0.4 is 4.74 Å². The molecule has 118 valence electrons. The number of methoxy groups -OCH3 is 1. The van der Waals surface area contributed by atoms with Crippen LogP contribution in [0.25, 0.3) is 0 Å². The van der Waals surface area contributed by atoms with Gasteiger partial charge >= 0.3 is 6.18 Å². The highest BCUT2D eigenvalue weighted by atomic mass is 19.4. The van der Waals surface area contributed by atoms with Crippen LogP contribution in [-0.2, 0) is 6.18 Å². The number of carbonyl (C=O) groups is 1. The van der Waals surface area contributed by atoms with Gasteiger partial charge in [0.1, 0.15) is 5.75 Å². The van der Waals surface area contributed by atoms with Gasteiger partial charge in [-0.05, 0) is 31.0 Å². The summed E-state index contributed by atoms with van der Waals surface area (Å²) in [6.45, 7) is 3.89. The van der Waals surface area contributed by atoms with Crippen molar-refractivity contribution in [1.82, 2.24) is 0 Å². The van der Waals surface area contributed by atoms with E-state index in [1.165, 1.54) is 13.2 Å².